The average molecular weight is 296 g/mol. The van der Waals surface area contributed by atoms with E-state index in [2.05, 4.69) is 9.39 Å². The lowest BCUT2D eigenvalue weighted by Crippen LogP contribution is -2.21. The summed E-state index contributed by atoms with van der Waals surface area (Å²) in [7, 11) is 0.314. The molecule has 0 saturated heterocycles. The Bertz CT molecular complexity index is 426. The summed E-state index contributed by atoms with van der Waals surface area (Å²) >= 11 is 0. The van der Waals surface area contributed by atoms with E-state index in [-0.39, 0.29) is 23.0 Å². The quantitative estimate of drug-likeness (QED) is 0.762. The summed E-state index contributed by atoms with van der Waals surface area (Å²) in [5.41, 5.74) is 0. The lowest BCUT2D eigenvalue weighted by molar-refractivity contribution is -0.153. The zero-order valence-corrected chi connectivity index (χ0v) is 10.6. The van der Waals surface area contributed by atoms with E-state index in [9.17, 15) is 13.2 Å². The molecule has 0 atom stereocenters. The largest absolute Gasteiger partial charge is 0.707 e. The molecule has 0 bridgehead atoms. The standard InChI is InChI=1S/C10H12BF3O6/c1-17-7-3-6(20-11(15)16)4-8(18-2)9(7)19-5-10(12,13)14/h3-4,15-16H,5H2,1-2H3. The normalized spacial score (nSPS) is 10.9. The molecule has 1 aromatic carbocycles. The first-order chi connectivity index (χ1) is 9.26. The fourth-order valence-corrected chi connectivity index (χ4v) is 1.34. The first-order valence-electron chi connectivity index (χ1n) is 5.25. The highest BCUT2D eigenvalue weighted by molar-refractivity contribution is 6.33. The van der Waals surface area contributed by atoms with Crippen molar-refractivity contribution in [3.8, 4) is 23.0 Å². The molecule has 0 aliphatic rings. The minimum absolute atomic E-state index is 0.0759. The summed E-state index contributed by atoms with van der Waals surface area (Å²) < 4.78 is 55.4. The van der Waals surface area contributed by atoms with E-state index in [1.807, 2.05) is 0 Å². The topological polar surface area (TPSA) is 77.4 Å². The molecule has 10 heteroatoms. The van der Waals surface area contributed by atoms with Crippen molar-refractivity contribution in [2.75, 3.05) is 20.8 Å². The van der Waals surface area contributed by atoms with Gasteiger partial charge in [0.2, 0.25) is 5.75 Å². The fraction of sp³-hybridized carbons (Fsp3) is 0.400. The zero-order valence-electron chi connectivity index (χ0n) is 10.6. The van der Waals surface area contributed by atoms with E-state index in [0.717, 1.165) is 12.1 Å². The molecule has 0 spiro atoms. The van der Waals surface area contributed by atoms with E-state index in [1.165, 1.54) is 14.2 Å². The molecule has 112 valence electrons. The summed E-state index contributed by atoms with van der Waals surface area (Å²) in [6.45, 7) is -1.53. The number of hydrogen-bond acceptors (Lipinski definition) is 6. The lowest BCUT2D eigenvalue weighted by Gasteiger charge is -2.17. The first kappa shape index (κ1) is 16.2. The van der Waals surface area contributed by atoms with Crippen LogP contribution in [0.1, 0.15) is 0 Å². The second kappa shape index (κ2) is 6.57. The summed E-state index contributed by atoms with van der Waals surface area (Å²) in [4.78, 5) is 0. The van der Waals surface area contributed by atoms with Crippen molar-refractivity contribution in [1.29, 1.82) is 0 Å². The minimum atomic E-state index is -4.52. The Morgan fingerprint density at radius 3 is 1.95 bits per heavy atom. The Balaban J connectivity index is 3.08. The van der Waals surface area contributed by atoms with E-state index in [4.69, 9.17) is 19.5 Å². The van der Waals surface area contributed by atoms with Gasteiger partial charge in [0.1, 0.15) is 5.75 Å². The molecule has 0 heterocycles. The van der Waals surface area contributed by atoms with Gasteiger partial charge in [-0.2, -0.15) is 13.2 Å². The maximum Gasteiger partial charge on any atom is 0.707 e. The highest BCUT2D eigenvalue weighted by atomic mass is 19.4. The second-order valence-corrected chi connectivity index (χ2v) is 3.50. The average Bonchev–Trinajstić information content (AvgIpc) is 2.34. The highest BCUT2D eigenvalue weighted by Crippen LogP contribution is 2.41. The molecule has 0 saturated carbocycles. The van der Waals surface area contributed by atoms with Crippen LogP contribution in [0.3, 0.4) is 0 Å². The van der Waals surface area contributed by atoms with Crippen molar-refractivity contribution in [3.05, 3.63) is 12.1 Å². The van der Waals surface area contributed by atoms with Gasteiger partial charge < -0.3 is 28.9 Å². The van der Waals surface area contributed by atoms with Crippen molar-refractivity contribution in [2.24, 2.45) is 0 Å². The number of benzene rings is 1. The maximum atomic E-state index is 12.2. The number of methoxy groups -OCH3 is 2. The van der Waals surface area contributed by atoms with E-state index in [0.29, 0.717) is 0 Å². The van der Waals surface area contributed by atoms with Gasteiger partial charge >= 0.3 is 13.5 Å². The zero-order chi connectivity index (χ0) is 15.3. The molecule has 0 fully saturated rings. The molecule has 0 amide bonds. The SMILES string of the molecule is COc1cc(OB(O)O)cc(OC)c1OCC(F)(F)F. The number of ether oxygens (including phenoxy) is 3. The van der Waals surface area contributed by atoms with Gasteiger partial charge in [0, 0.05) is 12.1 Å². The summed E-state index contributed by atoms with van der Waals surface area (Å²) in [5.74, 6) is -0.561. The van der Waals surface area contributed by atoms with Crippen molar-refractivity contribution >= 4 is 7.32 Å². The van der Waals surface area contributed by atoms with Crippen molar-refractivity contribution in [1.82, 2.24) is 0 Å². The van der Waals surface area contributed by atoms with Crippen LogP contribution < -0.4 is 18.9 Å². The van der Waals surface area contributed by atoms with Crippen molar-refractivity contribution < 1.29 is 42.1 Å². The van der Waals surface area contributed by atoms with Gasteiger partial charge in [-0.25, -0.2) is 0 Å². The molecule has 20 heavy (non-hydrogen) atoms. The third-order valence-electron chi connectivity index (χ3n) is 2.06. The molecule has 0 unspecified atom stereocenters. The predicted octanol–water partition coefficient (Wildman–Crippen LogP) is 0.993. The summed E-state index contributed by atoms with van der Waals surface area (Å²) in [6, 6.07) is 2.27. The first-order valence-corrected chi connectivity index (χ1v) is 5.25. The Hall–Kier alpha value is -1.81. The maximum absolute atomic E-state index is 12.2. The molecule has 0 radical (unpaired) electrons. The Kier molecular flexibility index (Phi) is 5.34. The van der Waals surface area contributed by atoms with E-state index < -0.39 is 20.1 Å². The predicted molar refractivity (Wildman–Crippen MR) is 61.9 cm³/mol. The van der Waals surface area contributed by atoms with Crippen LogP contribution in [0.5, 0.6) is 23.0 Å². The lowest BCUT2D eigenvalue weighted by atomic mass is 10.2. The summed E-state index contributed by atoms with van der Waals surface area (Å²) in [5, 5.41) is 17.4. The van der Waals surface area contributed by atoms with Crippen LogP contribution in [0.4, 0.5) is 13.2 Å². The number of halogens is 3. The highest BCUT2D eigenvalue weighted by Gasteiger charge is 2.30. The van der Waals surface area contributed by atoms with E-state index in [1.54, 1.807) is 0 Å². The molecule has 6 nitrogen and oxygen atoms in total. The fourth-order valence-electron chi connectivity index (χ4n) is 1.34. The van der Waals surface area contributed by atoms with Crippen LogP contribution in [0, 0.1) is 0 Å². The molecule has 1 rings (SSSR count). The van der Waals surface area contributed by atoms with Gasteiger partial charge in [-0.3, -0.25) is 0 Å². The van der Waals surface area contributed by atoms with Crippen LogP contribution in [0.2, 0.25) is 0 Å². The number of alkyl halides is 3. The Morgan fingerprint density at radius 2 is 1.60 bits per heavy atom. The number of hydrogen-bond donors (Lipinski definition) is 2. The van der Waals surface area contributed by atoms with Gasteiger partial charge in [-0.1, -0.05) is 0 Å². The van der Waals surface area contributed by atoms with Crippen molar-refractivity contribution in [2.45, 2.75) is 6.18 Å². The molecule has 1 aromatic rings. The molecular formula is C10H12BF3O6. The molecule has 0 aliphatic heterocycles. The smallest absolute Gasteiger partial charge is 0.512 e. The molecule has 0 aromatic heterocycles. The van der Waals surface area contributed by atoms with Crippen LogP contribution in [-0.2, 0) is 0 Å². The van der Waals surface area contributed by atoms with Gasteiger partial charge in [-0.05, 0) is 0 Å². The Labute approximate surface area is 112 Å². The van der Waals surface area contributed by atoms with Crippen LogP contribution in [-0.4, -0.2) is 44.4 Å². The molecule has 0 aliphatic carbocycles. The third-order valence-corrected chi connectivity index (χ3v) is 2.06. The Morgan fingerprint density at radius 1 is 1.10 bits per heavy atom. The molecule has 2 N–H and O–H groups in total. The van der Waals surface area contributed by atoms with Crippen LogP contribution in [0.25, 0.3) is 0 Å². The van der Waals surface area contributed by atoms with Gasteiger partial charge in [0.05, 0.1) is 14.2 Å². The second-order valence-electron chi connectivity index (χ2n) is 3.50. The minimum Gasteiger partial charge on any atom is -0.512 e. The molecular weight excluding hydrogens is 284 g/mol. The van der Waals surface area contributed by atoms with Gasteiger partial charge in [0.15, 0.2) is 18.1 Å². The van der Waals surface area contributed by atoms with Crippen LogP contribution in [0.15, 0.2) is 12.1 Å². The monoisotopic (exact) mass is 296 g/mol. The third kappa shape index (κ3) is 4.70. The van der Waals surface area contributed by atoms with Crippen LogP contribution >= 0.6 is 0 Å². The van der Waals surface area contributed by atoms with Gasteiger partial charge in [0.25, 0.3) is 0 Å². The number of rotatable bonds is 6. The van der Waals surface area contributed by atoms with Gasteiger partial charge in [-0.15, -0.1) is 0 Å². The summed E-state index contributed by atoms with van der Waals surface area (Å²) in [6.07, 6.45) is -4.52. The van der Waals surface area contributed by atoms with E-state index >= 15 is 0 Å². The van der Waals surface area contributed by atoms with Crippen molar-refractivity contribution in [3.63, 3.8) is 0 Å².